The Balaban J connectivity index is 3.02. The van der Waals surface area contributed by atoms with Crippen molar-refractivity contribution in [3.63, 3.8) is 0 Å². The van der Waals surface area contributed by atoms with E-state index in [2.05, 4.69) is 4.74 Å². The van der Waals surface area contributed by atoms with Gasteiger partial charge in [0.15, 0.2) is 0 Å². The zero-order valence-electron chi connectivity index (χ0n) is 9.84. The first-order valence-corrected chi connectivity index (χ1v) is 5.25. The van der Waals surface area contributed by atoms with Gasteiger partial charge in [-0.15, -0.1) is 0 Å². The highest BCUT2D eigenvalue weighted by Crippen LogP contribution is 2.26. The first-order valence-electron chi connectivity index (χ1n) is 5.25. The molecular formula is C12H15NO4. The summed E-state index contributed by atoms with van der Waals surface area (Å²) in [6, 6.07) is 6.36. The van der Waals surface area contributed by atoms with E-state index in [1.165, 1.54) is 18.1 Å². The first kappa shape index (κ1) is 13.0. The number of para-hydroxylation sites is 2. The third-order valence-corrected chi connectivity index (χ3v) is 2.29. The molecule has 0 aliphatic heterocycles. The van der Waals surface area contributed by atoms with E-state index in [0.717, 1.165) is 0 Å². The van der Waals surface area contributed by atoms with Gasteiger partial charge in [0.1, 0.15) is 12.3 Å². The molecule has 1 aromatic carbocycles. The van der Waals surface area contributed by atoms with Gasteiger partial charge in [0.05, 0.1) is 12.8 Å². The van der Waals surface area contributed by atoms with Gasteiger partial charge in [-0.1, -0.05) is 19.1 Å². The van der Waals surface area contributed by atoms with Gasteiger partial charge in [0, 0.05) is 6.42 Å². The molecule has 1 N–H and O–H groups in total. The molecular weight excluding hydrogens is 222 g/mol. The number of anilines is 1. The molecule has 0 atom stereocenters. The molecule has 0 aliphatic carbocycles. The third kappa shape index (κ3) is 3.21. The van der Waals surface area contributed by atoms with E-state index in [9.17, 15) is 14.7 Å². The van der Waals surface area contributed by atoms with Crippen molar-refractivity contribution in [2.75, 3.05) is 18.6 Å². The second-order valence-electron chi connectivity index (χ2n) is 3.40. The maximum Gasteiger partial charge on any atom is 0.325 e. The van der Waals surface area contributed by atoms with Crippen LogP contribution in [0.1, 0.15) is 13.3 Å². The van der Waals surface area contributed by atoms with E-state index in [1.54, 1.807) is 25.1 Å². The van der Waals surface area contributed by atoms with Crippen molar-refractivity contribution in [2.24, 2.45) is 0 Å². The lowest BCUT2D eigenvalue weighted by atomic mass is 10.2. The molecule has 0 aromatic heterocycles. The molecule has 5 heteroatoms. The lowest BCUT2D eigenvalue weighted by Crippen LogP contribution is -2.35. The van der Waals surface area contributed by atoms with Gasteiger partial charge in [0.2, 0.25) is 5.91 Å². The number of benzene rings is 1. The van der Waals surface area contributed by atoms with E-state index in [0.29, 0.717) is 5.69 Å². The number of esters is 1. The Morgan fingerprint density at radius 3 is 2.53 bits per heavy atom. The normalized spacial score (nSPS) is 9.76. The molecule has 1 aromatic rings. The van der Waals surface area contributed by atoms with E-state index < -0.39 is 5.97 Å². The van der Waals surface area contributed by atoms with Gasteiger partial charge in [-0.25, -0.2) is 0 Å². The van der Waals surface area contributed by atoms with Crippen LogP contribution >= 0.6 is 0 Å². The highest BCUT2D eigenvalue weighted by atomic mass is 16.5. The zero-order valence-corrected chi connectivity index (χ0v) is 9.84. The van der Waals surface area contributed by atoms with Crippen LogP contribution in [-0.2, 0) is 14.3 Å². The first-order chi connectivity index (χ1) is 8.10. The van der Waals surface area contributed by atoms with Gasteiger partial charge in [-0.2, -0.15) is 0 Å². The minimum atomic E-state index is -0.532. The minimum Gasteiger partial charge on any atom is -0.506 e. The van der Waals surface area contributed by atoms with Crippen molar-refractivity contribution < 1.29 is 19.4 Å². The molecule has 1 amide bonds. The molecule has 0 unspecified atom stereocenters. The maximum atomic E-state index is 11.7. The largest absolute Gasteiger partial charge is 0.506 e. The van der Waals surface area contributed by atoms with Crippen LogP contribution in [0.2, 0.25) is 0 Å². The van der Waals surface area contributed by atoms with E-state index in [-0.39, 0.29) is 24.6 Å². The predicted molar refractivity (Wildman–Crippen MR) is 62.8 cm³/mol. The fraction of sp³-hybridized carbons (Fsp3) is 0.333. The number of rotatable bonds is 4. The molecule has 1 rings (SSSR count). The molecule has 0 fully saturated rings. The van der Waals surface area contributed by atoms with Crippen molar-refractivity contribution >= 4 is 17.6 Å². The summed E-state index contributed by atoms with van der Waals surface area (Å²) in [6.45, 7) is 1.48. The van der Waals surface area contributed by atoms with Crippen LogP contribution < -0.4 is 4.90 Å². The van der Waals surface area contributed by atoms with Crippen LogP contribution in [0.3, 0.4) is 0 Å². The predicted octanol–water partition coefficient (Wildman–Crippen LogP) is 1.31. The Morgan fingerprint density at radius 1 is 1.35 bits per heavy atom. The molecule has 5 nitrogen and oxygen atoms in total. The number of methoxy groups -OCH3 is 1. The Bertz CT molecular complexity index is 417. The van der Waals surface area contributed by atoms with Crippen molar-refractivity contribution in [3.8, 4) is 5.75 Å². The lowest BCUT2D eigenvalue weighted by Gasteiger charge is -2.21. The SMILES string of the molecule is CCC(=O)N(CC(=O)OC)c1ccccc1O. The van der Waals surface area contributed by atoms with Crippen molar-refractivity contribution in [3.05, 3.63) is 24.3 Å². The summed E-state index contributed by atoms with van der Waals surface area (Å²) in [6.07, 6.45) is 0.241. The number of carbonyl (C=O) groups excluding carboxylic acids is 2. The van der Waals surface area contributed by atoms with Crippen molar-refractivity contribution in [2.45, 2.75) is 13.3 Å². The molecule has 17 heavy (non-hydrogen) atoms. The molecule has 0 aliphatic rings. The minimum absolute atomic E-state index is 0.0433. The van der Waals surface area contributed by atoms with E-state index in [4.69, 9.17) is 0 Å². The Hall–Kier alpha value is -2.04. The van der Waals surface area contributed by atoms with Crippen molar-refractivity contribution in [1.29, 1.82) is 0 Å². The summed E-state index contributed by atoms with van der Waals surface area (Å²) in [5, 5.41) is 9.66. The number of nitrogens with zero attached hydrogens (tertiary/aromatic N) is 1. The molecule has 0 saturated heterocycles. The van der Waals surface area contributed by atoms with Gasteiger partial charge in [0.25, 0.3) is 0 Å². The van der Waals surface area contributed by atoms with Gasteiger partial charge in [-0.3, -0.25) is 14.5 Å². The maximum absolute atomic E-state index is 11.7. The average Bonchev–Trinajstić information content (AvgIpc) is 2.35. The fourth-order valence-corrected chi connectivity index (χ4v) is 1.38. The van der Waals surface area contributed by atoms with Crippen LogP contribution in [0.25, 0.3) is 0 Å². The summed E-state index contributed by atoms with van der Waals surface area (Å²) in [4.78, 5) is 24.2. The topological polar surface area (TPSA) is 66.8 Å². The standard InChI is InChI=1S/C12H15NO4/c1-3-11(15)13(8-12(16)17-2)9-6-4-5-7-10(9)14/h4-7,14H,3,8H2,1-2H3. The number of ether oxygens (including phenoxy) is 1. The number of hydrogen-bond donors (Lipinski definition) is 1. The molecule has 0 radical (unpaired) electrons. The fourth-order valence-electron chi connectivity index (χ4n) is 1.38. The molecule has 0 heterocycles. The summed E-state index contributed by atoms with van der Waals surface area (Å²) in [5.41, 5.74) is 0.310. The smallest absolute Gasteiger partial charge is 0.325 e. The summed E-state index contributed by atoms with van der Waals surface area (Å²) in [7, 11) is 1.25. The lowest BCUT2D eigenvalue weighted by molar-refractivity contribution is -0.140. The van der Waals surface area contributed by atoms with E-state index in [1.807, 2.05) is 0 Å². The van der Waals surface area contributed by atoms with Crippen molar-refractivity contribution in [1.82, 2.24) is 0 Å². The monoisotopic (exact) mass is 237 g/mol. The number of phenols is 1. The van der Waals surface area contributed by atoms with Crippen LogP contribution in [0.5, 0.6) is 5.75 Å². The highest BCUT2D eigenvalue weighted by Gasteiger charge is 2.20. The number of phenolic OH excluding ortho intramolecular Hbond substituents is 1. The van der Waals surface area contributed by atoms with Crippen LogP contribution in [0.15, 0.2) is 24.3 Å². The Labute approximate surface area is 99.6 Å². The van der Waals surface area contributed by atoms with Crippen LogP contribution in [0.4, 0.5) is 5.69 Å². The molecule has 0 spiro atoms. The van der Waals surface area contributed by atoms with E-state index >= 15 is 0 Å². The number of aromatic hydroxyl groups is 1. The summed E-state index contributed by atoms with van der Waals surface area (Å²) in [5.74, 6) is -0.829. The molecule has 92 valence electrons. The van der Waals surface area contributed by atoms with Gasteiger partial charge in [-0.05, 0) is 12.1 Å². The van der Waals surface area contributed by atoms with Crippen LogP contribution in [-0.4, -0.2) is 30.6 Å². The number of carbonyl (C=O) groups is 2. The zero-order chi connectivity index (χ0) is 12.8. The second-order valence-corrected chi connectivity index (χ2v) is 3.40. The highest BCUT2D eigenvalue weighted by molar-refractivity contribution is 5.98. The third-order valence-electron chi connectivity index (χ3n) is 2.29. The molecule has 0 saturated carbocycles. The average molecular weight is 237 g/mol. The Morgan fingerprint density at radius 2 is 2.00 bits per heavy atom. The van der Waals surface area contributed by atoms with Gasteiger partial charge < -0.3 is 9.84 Å². The summed E-state index contributed by atoms with van der Waals surface area (Å²) < 4.78 is 4.52. The van der Waals surface area contributed by atoms with Gasteiger partial charge >= 0.3 is 5.97 Å². The summed E-state index contributed by atoms with van der Waals surface area (Å²) >= 11 is 0. The quantitative estimate of drug-likeness (QED) is 0.802. The second kappa shape index (κ2) is 5.89. The molecule has 0 bridgehead atoms. The number of hydrogen-bond acceptors (Lipinski definition) is 4. The van der Waals surface area contributed by atoms with Crippen LogP contribution in [0, 0.1) is 0 Å². The number of amides is 1. The Kier molecular flexibility index (Phi) is 4.51.